The summed E-state index contributed by atoms with van der Waals surface area (Å²) in [4.78, 5) is 17.1. The van der Waals surface area contributed by atoms with Crippen molar-refractivity contribution in [2.24, 2.45) is 4.99 Å². The van der Waals surface area contributed by atoms with Gasteiger partial charge in [0, 0.05) is 10.6 Å². The molecule has 0 spiro atoms. The van der Waals surface area contributed by atoms with Gasteiger partial charge in [0.15, 0.2) is 5.78 Å². The van der Waals surface area contributed by atoms with Crippen molar-refractivity contribution in [2.45, 2.75) is 19.6 Å². The fourth-order valence-corrected chi connectivity index (χ4v) is 5.34. The van der Waals surface area contributed by atoms with Gasteiger partial charge in [-0.05, 0) is 31.5 Å². The van der Waals surface area contributed by atoms with Gasteiger partial charge in [-0.1, -0.05) is 53.5 Å². The van der Waals surface area contributed by atoms with E-state index >= 15 is 0 Å². The molecule has 1 heterocycles. The van der Waals surface area contributed by atoms with E-state index in [2.05, 4.69) is 10.3 Å². The Morgan fingerprint density at radius 3 is 2.36 bits per heavy atom. The molecule has 0 radical (unpaired) electrons. The van der Waals surface area contributed by atoms with E-state index in [9.17, 15) is 9.36 Å². The Hall–Kier alpha value is -1.69. The summed E-state index contributed by atoms with van der Waals surface area (Å²) in [7, 11) is -3.70. The third-order valence-electron chi connectivity index (χ3n) is 4.03. The van der Waals surface area contributed by atoms with E-state index in [1.807, 2.05) is 6.07 Å². The van der Waals surface area contributed by atoms with Crippen LogP contribution in [0.1, 0.15) is 30.8 Å². The second-order valence-corrected chi connectivity index (χ2v) is 8.83. The fourth-order valence-electron chi connectivity index (χ4n) is 2.92. The zero-order chi connectivity index (χ0) is 20.3. The standard InChI is InChI=1S/C19H19Cl2N2O4P/c1-3-26-28(25,27-4-2)19(12-8-6-5-7-9-12)23-17-14-10-13(20)11-15(21)16(14)22-18(17)24/h5-11,19H,3-4H2,1-2H3,(H,22,23,24)/t19-/m1/s1. The maximum Gasteiger partial charge on any atom is 0.359 e. The Morgan fingerprint density at radius 2 is 1.75 bits per heavy atom. The van der Waals surface area contributed by atoms with Crippen LogP contribution in [0.2, 0.25) is 10.0 Å². The van der Waals surface area contributed by atoms with Gasteiger partial charge in [-0.3, -0.25) is 14.4 Å². The van der Waals surface area contributed by atoms with Crippen molar-refractivity contribution in [3.63, 3.8) is 0 Å². The molecule has 9 heteroatoms. The van der Waals surface area contributed by atoms with Gasteiger partial charge in [0.05, 0.1) is 23.9 Å². The summed E-state index contributed by atoms with van der Waals surface area (Å²) in [5.74, 6) is -1.47. The van der Waals surface area contributed by atoms with E-state index in [-0.39, 0.29) is 18.9 Å². The number of hydrogen-bond donors (Lipinski definition) is 1. The van der Waals surface area contributed by atoms with Crippen LogP contribution in [-0.4, -0.2) is 24.8 Å². The van der Waals surface area contributed by atoms with E-state index in [1.165, 1.54) is 6.07 Å². The molecule has 1 N–H and O–H groups in total. The van der Waals surface area contributed by atoms with Gasteiger partial charge in [-0.25, -0.2) is 0 Å². The van der Waals surface area contributed by atoms with Gasteiger partial charge in [-0.15, -0.1) is 0 Å². The fraction of sp³-hybridized carbons (Fsp3) is 0.263. The number of fused-ring (bicyclic) bond motifs is 1. The number of nitrogens with one attached hydrogen (secondary N) is 1. The average molecular weight is 441 g/mol. The number of aliphatic imine (C=N–C) groups is 1. The molecule has 1 amide bonds. The van der Waals surface area contributed by atoms with Crippen LogP contribution in [0.25, 0.3) is 0 Å². The van der Waals surface area contributed by atoms with Gasteiger partial charge >= 0.3 is 7.60 Å². The molecule has 1 aliphatic rings. The Morgan fingerprint density at radius 1 is 1.11 bits per heavy atom. The lowest BCUT2D eigenvalue weighted by molar-refractivity contribution is -0.110. The van der Waals surface area contributed by atoms with E-state index in [0.717, 1.165) is 0 Å². The number of benzene rings is 2. The van der Waals surface area contributed by atoms with Crippen LogP contribution >= 0.6 is 30.8 Å². The number of anilines is 1. The molecule has 0 fully saturated rings. The lowest BCUT2D eigenvalue weighted by Gasteiger charge is -2.24. The van der Waals surface area contributed by atoms with E-state index in [0.29, 0.717) is 26.9 Å². The second-order valence-electron chi connectivity index (χ2n) is 5.90. The van der Waals surface area contributed by atoms with Crippen LogP contribution in [-0.2, 0) is 18.4 Å². The molecule has 0 saturated carbocycles. The third-order valence-corrected chi connectivity index (χ3v) is 6.80. The maximum absolute atomic E-state index is 13.5. The number of hydrogen-bond acceptors (Lipinski definition) is 5. The average Bonchev–Trinajstić information content (AvgIpc) is 2.96. The largest absolute Gasteiger partial charge is 0.359 e. The SMILES string of the molecule is CCOP(=O)(OCC)[C@@H](/N=C1\C(=O)Nc2c(Cl)cc(Cl)cc21)c1ccccc1. The smallest absolute Gasteiger partial charge is 0.319 e. The van der Waals surface area contributed by atoms with Crippen molar-refractivity contribution >= 4 is 48.1 Å². The monoisotopic (exact) mass is 440 g/mol. The highest BCUT2D eigenvalue weighted by atomic mass is 35.5. The number of nitrogens with zero attached hydrogens (tertiary/aromatic N) is 1. The third kappa shape index (κ3) is 4.17. The summed E-state index contributed by atoms with van der Waals surface area (Å²) < 4.78 is 24.5. The van der Waals surface area contributed by atoms with Crippen molar-refractivity contribution in [2.75, 3.05) is 18.5 Å². The van der Waals surface area contributed by atoms with Crippen molar-refractivity contribution in [3.05, 3.63) is 63.6 Å². The first-order chi connectivity index (χ1) is 13.4. The molecule has 28 heavy (non-hydrogen) atoms. The van der Waals surface area contributed by atoms with Crippen LogP contribution in [0.15, 0.2) is 47.5 Å². The molecule has 2 aromatic rings. The molecule has 1 aliphatic heterocycles. The van der Waals surface area contributed by atoms with Crippen LogP contribution in [0.4, 0.5) is 5.69 Å². The Labute approximate surface area is 173 Å². The number of carbonyl (C=O) groups is 1. The molecular formula is C19H19Cl2N2O4P. The molecule has 148 valence electrons. The molecule has 1 atom stereocenters. The van der Waals surface area contributed by atoms with Gasteiger partial charge in [0.1, 0.15) is 5.71 Å². The van der Waals surface area contributed by atoms with Gasteiger partial charge in [-0.2, -0.15) is 0 Å². The van der Waals surface area contributed by atoms with Crippen LogP contribution in [0, 0.1) is 0 Å². The zero-order valence-corrected chi connectivity index (χ0v) is 17.7. The number of rotatable bonds is 7. The van der Waals surface area contributed by atoms with Crippen LogP contribution < -0.4 is 5.32 Å². The summed E-state index contributed by atoms with van der Waals surface area (Å²) in [6.07, 6.45) is 0. The van der Waals surface area contributed by atoms with Crippen molar-refractivity contribution in [1.82, 2.24) is 0 Å². The molecule has 0 unspecified atom stereocenters. The first kappa shape index (κ1) is 21.0. The van der Waals surface area contributed by atoms with Crippen molar-refractivity contribution in [3.8, 4) is 0 Å². The molecule has 0 aliphatic carbocycles. The van der Waals surface area contributed by atoms with Crippen LogP contribution in [0.5, 0.6) is 0 Å². The first-order valence-electron chi connectivity index (χ1n) is 8.72. The normalized spacial score (nSPS) is 16.1. The predicted molar refractivity (Wildman–Crippen MR) is 112 cm³/mol. The number of amides is 1. The van der Waals surface area contributed by atoms with Gasteiger partial charge < -0.3 is 14.4 Å². The molecule has 0 saturated heterocycles. The maximum atomic E-state index is 13.5. The van der Waals surface area contributed by atoms with Gasteiger partial charge in [0.25, 0.3) is 5.91 Å². The number of carbonyl (C=O) groups excluding carboxylic acids is 1. The highest BCUT2D eigenvalue weighted by Gasteiger charge is 2.39. The van der Waals surface area contributed by atoms with Crippen LogP contribution in [0.3, 0.4) is 0 Å². The quantitative estimate of drug-likeness (QED) is 0.560. The molecule has 0 bridgehead atoms. The molecule has 3 rings (SSSR count). The van der Waals surface area contributed by atoms with Crippen molar-refractivity contribution in [1.29, 1.82) is 0 Å². The number of halogens is 2. The van der Waals surface area contributed by atoms with E-state index in [1.54, 1.807) is 44.2 Å². The molecular weight excluding hydrogens is 422 g/mol. The van der Waals surface area contributed by atoms with E-state index in [4.69, 9.17) is 32.2 Å². The summed E-state index contributed by atoms with van der Waals surface area (Å²) in [6, 6.07) is 12.1. The predicted octanol–water partition coefficient (Wildman–Crippen LogP) is 5.70. The molecule has 0 aromatic heterocycles. The Balaban J connectivity index is 2.18. The second kappa shape index (κ2) is 8.76. The molecule has 6 nitrogen and oxygen atoms in total. The van der Waals surface area contributed by atoms with Crippen molar-refractivity contribution < 1.29 is 18.4 Å². The topological polar surface area (TPSA) is 77.0 Å². The highest BCUT2D eigenvalue weighted by molar-refractivity contribution is 7.54. The lowest BCUT2D eigenvalue weighted by atomic mass is 10.1. The molecule has 2 aromatic carbocycles. The zero-order valence-electron chi connectivity index (χ0n) is 15.3. The Bertz CT molecular complexity index is 956. The van der Waals surface area contributed by atoms with E-state index < -0.39 is 19.3 Å². The summed E-state index contributed by atoms with van der Waals surface area (Å²) in [5, 5.41) is 3.35. The summed E-state index contributed by atoms with van der Waals surface area (Å²) in [5.41, 5.74) is 1.55. The van der Waals surface area contributed by atoms with Gasteiger partial charge in [0.2, 0.25) is 0 Å². The minimum Gasteiger partial charge on any atom is -0.319 e. The summed E-state index contributed by atoms with van der Waals surface area (Å²) in [6.45, 7) is 3.79. The lowest BCUT2D eigenvalue weighted by Crippen LogP contribution is -2.17. The minimum atomic E-state index is -3.70. The minimum absolute atomic E-state index is 0.0767. The Kier molecular flexibility index (Phi) is 6.58. The highest BCUT2D eigenvalue weighted by Crippen LogP contribution is 2.62. The first-order valence-corrected chi connectivity index (χ1v) is 11.1. The summed E-state index contributed by atoms with van der Waals surface area (Å²) >= 11 is 12.3.